The Morgan fingerprint density at radius 3 is 2.59 bits per heavy atom. The molecule has 1 atom stereocenters. The molecule has 1 nitrogen and oxygen atoms in total. The van der Waals surface area contributed by atoms with E-state index in [4.69, 9.17) is 0 Å². The summed E-state index contributed by atoms with van der Waals surface area (Å²) in [6.07, 6.45) is 0. The van der Waals surface area contributed by atoms with E-state index in [9.17, 15) is 0 Å². The number of rotatable bonds is 7. The summed E-state index contributed by atoms with van der Waals surface area (Å²) in [6, 6.07) is 9.33. The lowest BCUT2D eigenvalue weighted by molar-refractivity contribution is 0.604. The minimum atomic E-state index is 0.489. The molecule has 1 unspecified atom stereocenters. The summed E-state index contributed by atoms with van der Waals surface area (Å²) in [6.45, 7) is 9.92. The maximum atomic E-state index is 3.58. The number of benzene rings is 1. The van der Waals surface area contributed by atoms with Gasteiger partial charge >= 0.3 is 0 Å². The lowest BCUT2D eigenvalue weighted by Crippen LogP contribution is -2.23. The van der Waals surface area contributed by atoms with E-state index in [0.717, 1.165) is 18.2 Å². The van der Waals surface area contributed by atoms with E-state index in [1.807, 2.05) is 11.8 Å². The Bertz CT molecular complexity index is 322. The van der Waals surface area contributed by atoms with Gasteiger partial charge in [-0.1, -0.05) is 50.6 Å². The molecule has 1 N–H and O–H groups in total. The van der Waals surface area contributed by atoms with Crippen molar-refractivity contribution in [2.45, 2.75) is 33.7 Å². The van der Waals surface area contributed by atoms with Crippen LogP contribution in [-0.4, -0.2) is 18.1 Å². The predicted molar refractivity (Wildman–Crippen MR) is 79.8 cm³/mol. The first-order valence-corrected chi connectivity index (χ1v) is 7.66. The van der Waals surface area contributed by atoms with Crippen molar-refractivity contribution < 1.29 is 0 Å². The van der Waals surface area contributed by atoms with Gasteiger partial charge in [-0.25, -0.2) is 0 Å². The molecule has 0 aliphatic carbocycles. The van der Waals surface area contributed by atoms with Gasteiger partial charge in [0.1, 0.15) is 0 Å². The van der Waals surface area contributed by atoms with E-state index in [0.29, 0.717) is 6.04 Å². The quantitative estimate of drug-likeness (QED) is 0.785. The van der Waals surface area contributed by atoms with E-state index in [2.05, 4.69) is 57.3 Å². The Kier molecular flexibility index (Phi) is 6.68. The SMILES string of the molecule is CCNC(CSCC(C)C)c1cccc(C)c1. The van der Waals surface area contributed by atoms with Gasteiger partial charge in [0.25, 0.3) is 0 Å². The maximum Gasteiger partial charge on any atom is 0.0411 e. The van der Waals surface area contributed by atoms with Gasteiger partial charge < -0.3 is 5.32 Å². The zero-order chi connectivity index (χ0) is 12.7. The molecular weight excluding hydrogens is 226 g/mol. The molecule has 1 aromatic carbocycles. The highest BCUT2D eigenvalue weighted by Gasteiger charge is 2.10. The molecule has 0 aliphatic rings. The Labute approximate surface area is 110 Å². The molecule has 0 saturated heterocycles. The Balaban J connectivity index is 2.58. The summed E-state index contributed by atoms with van der Waals surface area (Å²) in [5.74, 6) is 3.18. The smallest absolute Gasteiger partial charge is 0.0411 e. The van der Waals surface area contributed by atoms with Crippen molar-refractivity contribution in [2.24, 2.45) is 5.92 Å². The third-order valence-electron chi connectivity index (χ3n) is 2.63. The molecule has 0 amide bonds. The van der Waals surface area contributed by atoms with Gasteiger partial charge in [0, 0.05) is 11.8 Å². The molecule has 0 aromatic heterocycles. The van der Waals surface area contributed by atoms with Gasteiger partial charge in [-0.15, -0.1) is 0 Å². The van der Waals surface area contributed by atoms with Crippen LogP contribution < -0.4 is 5.32 Å². The molecule has 0 radical (unpaired) electrons. The van der Waals surface area contributed by atoms with E-state index in [-0.39, 0.29) is 0 Å². The summed E-state index contributed by atoms with van der Waals surface area (Å²) in [5.41, 5.74) is 2.77. The Hall–Kier alpha value is -0.470. The van der Waals surface area contributed by atoms with Gasteiger partial charge in [0.15, 0.2) is 0 Å². The van der Waals surface area contributed by atoms with Crippen LogP contribution in [0.15, 0.2) is 24.3 Å². The van der Waals surface area contributed by atoms with Crippen molar-refractivity contribution in [3.8, 4) is 0 Å². The van der Waals surface area contributed by atoms with Crippen molar-refractivity contribution in [2.75, 3.05) is 18.1 Å². The lowest BCUT2D eigenvalue weighted by atomic mass is 10.1. The van der Waals surface area contributed by atoms with Crippen LogP contribution in [-0.2, 0) is 0 Å². The summed E-state index contributed by atoms with van der Waals surface area (Å²) in [7, 11) is 0. The van der Waals surface area contributed by atoms with Crippen LogP contribution in [0.25, 0.3) is 0 Å². The highest BCUT2D eigenvalue weighted by Crippen LogP contribution is 2.20. The molecule has 0 saturated carbocycles. The largest absolute Gasteiger partial charge is 0.310 e. The van der Waals surface area contributed by atoms with E-state index in [1.54, 1.807) is 0 Å². The van der Waals surface area contributed by atoms with Crippen molar-refractivity contribution in [1.29, 1.82) is 0 Å². The fraction of sp³-hybridized carbons (Fsp3) is 0.600. The molecule has 1 rings (SSSR count). The monoisotopic (exact) mass is 251 g/mol. The maximum absolute atomic E-state index is 3.58. The minimum Gasteiger partial charge on any atom is -0.310 e. The number of hydrogen-bond acceptors (Lipinski definition) is 2. The van der Waals surface area contributed by atoms with E-state index >= 15 is 0 Å². The average Bonchev–Trinajstić information content (AvgIpc) is 2.27. The van der Waals surface area contributed by atoms with Gasteiger partial charge in [-0.05, 0) is 30.7 Å². The van der Waals surface area contributed by atoms with Crippen molar-refractivity contribution in [3.05, 3.63) is 35.4 Å². The molecule has 0 aliphatic heterocycles. The summed E-state index contributed by atoms with van der Waals surface area (Å²) < 4.78 is 0. The number of aryl methyl sites for hydroxylation is 1. The summed E-state index contributed by atoms with van der Waals surface area (Å²) in [5, 5.41) is 3.58. The van der Waals surface area contributed by atoms with Gasteiger partial charge in [0.05, 0.1) is 0 Å². The van der Waals surface area contributed by atoms with Gasteiger partial charge in [-0.2, -0.15) is 11.8 Å². The fourth-order valence-corrected chi connectivity index (χ4v) is 2.98. The van der Waals surface area contributed by atoms with Crippen LogP contribution in [0.1, 0.15) is 37.9 Å². The standard InChI is InChI=1S/C15H25NS/c1-5-16-15(11-17-10-12(2)3)14-8-6-7-13(4)9-14/h6-9,12,15-16H,5,10-11H2,1-4H3. The van der Waals surface area contributed by atoms with Crippen molar-refractivity contribution in [1.82, 2.24) is 5.32 Å². The van der Waals surface area contributed by atoms with Crippen LogP contribution in [0.4, 0.5) is 0 Å². The lowest BCUT2D eigenvalue weighted by Gasteiger charge is -2.19. The second kappa shape index (κ2) is 7.78. The third-order valence-corrected chi connectivity index (χ3v) is 4.10. The van der Waals surface area contributed by atoms with E-state index < -0.39 is 0 Å². The predicted octanol–water partition coefficient (Wildman–Crippen LogP) is 4.03. The normalized spacial score (nSPS) is 13.0. The second-order valence-corrected chi connectivity index (χ2v) is 6.03. The van der Waals surface area contributed by atoms with Crippen molar-refractivity contribution >= 4 is 11.8 Å². The molecule has 0 fully saturated rings. The Morgan fingerprint density at radius 2 is 2.00 bits per heavy atom. The highest BCUT2D eigenvalue weighted by atomic mass is 32.2. The first kappa shape index (κ1) is 14.6. The van der Waals surface area contributed by atoms with Crippen LogP contribution in [0.5, 0.6) is 0 Å². The average molecular weight is 251 g/mol. The molecule has 1 aromatic rings. The molecular formula is C15H25NS. The van der Waals surface area contributed by atoms with Crippen molar-refractivity contribution in [3.63, 3.8) is 0 Å². The minimum absolute atomic E-state index is 0.489. The number of hydrogen-bond donors (Lipinski definition) is 1. The van der Waals surface area contributed by atoms with E-state index in [1.165, 1.54) is 16.9 Å². The zero-order valence-corrected chi connectivity index (χ0v) is 12.3. The van der Waals surface area contributed by atoms with Crippen LogP contribution >= 0.6 is 11.8 Å². The van der Waals surface area contributed by atoms with Gasteiger partial charge in [-0.3, -0.25) is 0 Å². The van der Waals surface area contributed by atoms with Crippen LogP contribution in [0.3, 0.4) is 0 Å². The summed E-state index contributed by atoms with van der Waals surface area (Å²) in [4.78, 5) is 0. The third kappa shape index (κ3) is 5.60. The van der Waals surface area contributed by atoms with Crippen LogP contribution in [0, 0.1) is 12.8 Å². The first-order valence-electron chi connectivity index (χ1n) is 6.51. The molecule has 17 heavy (non-hydrogen) atoms. The topological polar surface area (TPSA) is 12.0 Å². The van der Waals surface area contributed by atoms with Crippen LogP contribution in [0.2, 0.25) is 0 Å². The Morgan fingerprint density at radius 1 is 1.24 bits per heavy atom. The molecule has 0 heterocycles. The molecule has 96 valence electrons. The number of thioether (sulfide) groups is 1. The molecule has 2 heteroatoms. The zero-order valence-electron chi connectivity index (χ0n) is 11.5. The number of nitrogens with one attached hydrogen (secondary N) is 1. The molecule has 0 spiro atoms. The first-order chi connectivity index (χ1) is 8.13. The molecule has 0 bridgehead atoms. The second-order valence-electron chi connectivity index (χ2n) is 4.96. The summed E-state index contributed by atoms with van der Waals surface area (Å²) >= 11 is 2.05. The fourth-order valence-electron chi connectivity index (χ4n) is 1.83. The highest BCUT2D eigenvalue weighted by molar-refractivity contribution is 7.99. The van der Waals surface area contributed by atoms with Gasteiger partial charge in [0.2, 0.25) is 0 Å².